The minimum absolute atomic E-state index is 0.113. The van der Waals surface area contributed by atoms with Gasteiger partial charge in [-0.3, -0.25) is 14.6 Å². The maximum atomic E-state index is 13.3. The molecule has 0 spiro atoms. The molecule has 11 heteroatoms. The highest BCUT2D eigenvalue weighted by Gasteiger charge is 2.20. The van der Waals surface area contributed by atoms with Crippen LogP contribution in [0.3, 0.4) is 0 Å². The Kier molecular flexibility index (Phi) is 5.06. The molecule has 5 aromatic heterocycles. The first-order valence-electron chi connectivity index (χ1n) is 10.0. The maximum Gasteiger partial charge on any atom is 0.275 e. The lowest BCUT2D eigenvalue weighted by molar-refractivity contribution is 0.101. The summed E-state index contributed by atoms with van der Waals surface area (Å²) in [6.07, 6.45) is 9.23. The number of halogens is 1. The second-order valence-electron chi connectivity index (χ2n) is 7.63. The maximum absolute atomic E-state index is 13.3. The Hall–Kier alpha value is -4.18. The van der Waals surface area contributed by atoms with Gasteiger partial charge in [0.25, 0.3) is 5.91 Å². The van der Waals surface area contributed by atoms with Crippen LogP contribution in [0.2, 0.25) is 5.15 Å². The first kappa shape index (κ1) is 20.7. The van der Waals surface area contributed by atoms with Gasteiger partial charge in [-0.25, -0.2) is 19.5 Å². The van der Waals surface area contributed by atoms with Gasteiger partial charge in [0.1, 0.15) is 22.8 Å². The highest BCUT2D eigenvalue weighted by atomic mass is 35.5. The van der Waals surface area contributed by atoms with E-state index in [0.717, 1.165) is 0 Å². The van der Waals surface area contributed by atoms with Crippen molar-refractivity contribution in [3.05, 3.63) is 77.5 Å². The number of hydrogen-bond donors (Lipinski definition) is 1. The fraction of sp³-hybridized carbons (Fsp3) is 0.136. The monoisotopic (exact) mass is 460 g/mol. The minimum Gasteiger partial charge on any atom is -0.329 e. The summed E-state index contributed by atoms with van der Waals surface area (Å²) in [5.74, 6) is -0.711. The largest absolute Gasteiger partial charge is 0.329 e. The standard InChI is InChI=1S/C22H17ClN8O2/c1-12(2)30-9-16(15-8-25-11-26-21(15)30)20(32)13-5-14(7-24-6-13)27-22(33)17-10-31-19(28-17)4-3-18(23)29-31/h3-12H,1-2H3,(H,27,33). The Morgan fingerprint density at radius 2 is 1.94 bits per heavy atom. The smallest absolute Gasteiger partial charge is 0.275 e. The second kappa shape index (κ2) is 8.06. The summed E-state index contributed by atoms with van der Waals surface area (Å²) in [6, 6.07) is 4.93. The van der Waals surface area contributed by atoms with Crippen LogP contribution in [0, 0.1) is 0 Å². The fourth-order valence-corrected chi connectivity index (χ4v) is 3.66. The minimum atomic E-state index is -0.465. The summed E-state index contributed by atoms with van der Waals surface area (Å²) in [5.41, 5.74) is 2.46. The molecule has 0 radical (unpaired) electrons. The van der Waals surface area contributed by atoms with Gasteiger partial charge in [-0.1, -0.05) is 11.6 Å². The average Bonchev–Trinajstić information content (AvgIpc) is 3.40. The van der Waals surface area contributed by atoms with E-state index < -0.39 is 5.91 Å². The Morgan fingerprint density at radius 1 is 1.09 bits per heavy atom. The summed E-state index contributed by atoms with van der Waals surface area (Å²) in [6.45, 7) is 4.02. The van der Waals surface area contributed by atoms with Crippen molar-refractivity contribution in [2.45, 2.75) is 19.9 Å². The van der Waals surface area contributed by atoms with Crippen molar-refractivity contribution in [1.29, 1.82) is 0 Å². The molecule has 0 aromatic carbocycles. The van der Waals surface area contributed by atoms with Crippen LogP contribution in [-0.4, -0.2) is 45.8 Å². The van der Waals surface area contributed by atoms with Gasteiger partial charge in [-0.15, -0.1) is 0 Å². The zero-order chi connectivity index (χ0) is 23.1. The third-order valence-corrected chi connectivity index (χ3v) is 5.28. The van der Waals surface area contributed by atoms with Crippen LogP contribution in [0.4, 0.5) is 5.69 Å². The Balaban J connectivity index is 1.44. The van der Waals surface area contributed by atoms with Crippen molar-refractivity contribution < 1.29 is 9.59 Å². The highest BCUT2D eigenvalue weighted by molar-refractivity contribution is 6.29. The van der Waals surface area contributed by atoms with Gasteiger partial charge >= 0.3 is 0 Å². The molecule has 0 unspecified atom stereocenters. The van der Waals surface area contributed by atoms with Gasteiger partial charge in [-0.05, 0) is 32.0 Å². The molecule has 5 aromatic rings. The number of anilines is 1. The predicted octanol–water partition coefficient (Wildman–Crippen LogP) is 3.59. The molecule has 0 aliphatic carbocycles. The lowest BCUT2D eigenvalue weighted by Crippen LogP contribution is -2.13. The molecule has 1 N–H and O–H groups in total. The molecule has 5 heterocycles. The van der Waals surface area contributed by atoms with E-state index >= 15 is 0 Å². The number of hydrogen-bond acceptors (Lipinski definition) is 7. The second-order valence-corrected chi connectivity index (χ2v) is 8.02. The van der Waals surface area contributed by atoms with Crippen molar-refractivity contribution in [3.8, 4) is 0 Å². The van der Waals surface area contributed by atoms with Crippen LogP contribution >= 0.6 is 11.6 Å². The van der Waals surface area contributed by atoms with Crippen LogP contribution in [0.5, 0.6) is 0 Å². The number of ketones is 1. The van der Waals surface area contributed by atoms with Crippen LogP contribution in [0.25, 0.3) is 16.7 Å². The molecule has 0 aliphatic heterocycles. The number of carbonyl (C=O) groups is 2. The van der Waals surface area contributed by atoms with E-state index in [0.29, 0.717) is 33.5 Å². The topological polar surface area (TPSA) is 120 Å². The zero-order valence-electron chi connectivity index (χ0n) is 17.6. The molecule has 0 saturated carbocycles. The van der Waals surface area contributed by atoms with Crippen LogP contribution in [0.1, 0.15) is 46.3 Å². The van der Waals surface area contributed by atoms with E-state index in [4.69, 9.17) is 11.6 Å². The molecule has 0 aliphatic rings. The Bertz CT molecular complexity index is 1540. The third-order valence-electron chi connectivity index (χ3n) is 5.07. The molecular formula is C22H17ClN8O2. The molecule has 164 valence electrons. The summed E-state index contributed by atoms with van der Waals surface area (Å²) in [4.78, 5) is 42.7. The van der Waals surface area contributed by atoms with E-state index in [1.807, 2.05) is 18.4 Å². The SMILES string of the molecule is CC(C)n1cc(C(=O)c2cncc(NC(=O)c3cn4nc(Cl)ccc4n3)c2)c2cncnc21. The van der Waals surface area contributed by atoms with E-state index in [2.05, 4.69) is 30.4 Å². The van der Waals surface area contributed by atoms with E-state index in [1.165, 1.54) is 29.4 Å². The van der Waals surface area contributed by atoms with Gasteiger partial charge in [0, 0.05) is 35.6 Å². The number of pyridine rings is 1. The highest BCUT2D eigenvalue weighted by Crippen LogP contribution is 2.25. The molecule has 5 rings (SSSR count). The quantitative estimate of drug-likeness (QED) is 0.398. The van der Waals surface area contributed by atoms with Crippen LogP contribution < -0.4 is 5.32 Å². The van der Waals surface area contributed by atoms with Crippen molar-refractivity contribution in [3.63, 3.8) is 0 Å². The summed E-state index contributed by atoms with van der Waals surface area (Å²) in [7, 11) is 0. The van der Waals surface area contributed by atoms with Crippen molar-refractivity contribution in [2.75, 3.05) is 5.32 Å². The third kappa shape index (κ3) is 3.80. The number of carbonyl (C=O) groups excluding carboxylic acids is 2. The molecule has 0 bridgehead atoms. The lowest BCUT2D eigenvalue weighted by Gasteiger charge is -2.07. The lowest BCUT2D eigenvalue weighted by atomic mass is 10.1. The van der Waals surface area contributed by atoms with Crippen LogP contribution in [-0.2, 0) is 0 Å². The normalized spacial score (nSPS) is 11.4. The van der Waals surface area contributed by atoms with Crippen molar-refractivity contribution in [1.82, 2.24) is 34.1 Å². The molecule has 0 fully saturated rings. The van der Waals surface area contributed by atoms with Gasteiger partial charge in [-0.2, -0.15) is 5.10 Å². The summed E-state index contributed by atoms with van der Waals surface area (Å²) >= 11 is 5.88. The molecule has 0 atom stereocenters. The Morgan fingerprint density at radius 3 is 2.76 bits per heavy atom. The first-order chi connectivity index (χ1) is 15.9. The molecular weight excluding hydrogens is 444 g/mol. The van der Waals surface area contributed by atoms with Gasteiger partial charge in [0.15, 0.2) is 11.4 Å². The number of imidazole rings is 1. The number of amides is 1. The fourth-order valence-electron chi connectivity index (χ4n) is 3.51. The summed E-state index contributed by atoms with van der Waals surface area (Å²) < 4.78 is 3.34. The van der Waals surface area contributed by atoms with Crippen LogP contribution in [0.15, 0.2) is 55.5 Å². The van der Waals surface area contributed by atoms with Crippen molar-refractivity contribution in [2.24, 2.45) is 0 Å². The van der Waals surface area contributed by atoms with E-state index in [9.17, 15) is 9.59 Å². The van der Waals surface area contributed by atoms with E-state index in [1.54, 1.807) is 30.6 Å². The molecule has 1 amide bonds. The number of nitrogens with zero attached hydrogens (tertiary/aromatic N) is 7. The first-order valence-corrected chi connectivity index (χ1v) is 10.4. The molecule has 33 heavy (non-hydrogen) atoms. The number of nitrogens with one attached hydrogen (secondary N) is 1. The van der Waals surface area contributed by atoms with E-state index in [-0.39, 0.29) is 22.7 Å². The number of fused-ring (bicyclic) bond motifs is 2. The molecule has 0 saturated heterocycles. The number of aromatic nitrogens is 7. The molecule has 10 nitrogen and oxygen atoms in total. The average molecular weight is 461 g/mol. The van der Waals surface area contributed by atoms with Gasteiger partial charge in [0.05, 0.1) is 23.6 Å². The van der Waals surface area contributed by atoms with Crippen molar-refractivity contribution >= 4 is 45.7 Å². The van der Waals surface area contributed by atoms with Gasteiger partial charge in [0.2, 0.25) is 0 Å². The summed E-state index contributed by atoms with van der Waals surface area (Å²) in [5, 5.41) is 7.73. The number of rotatable bonds is 5. The van der Waals surface area contributed by atoms with Gasteiger partial charge < -0.3 is 9.88 Å². The zero-order valence-corrected chi connectivity index (χ0v) is 18.4. The Labute approximate surface area is 192 Å². The predicted molar refractivity (Wildman–Crippen MR) is 122 cm³/mol.